The molecular weight excluding hydrogens is 588 g/mol. The number of unbranched alkanes of at least 4 members (excludes halogenated alkanes) is 2. The number of ether oxygens (including phenoxy) is 4. The molecule has 0 radical (unpaired) electrons. The van der Waals surface area contributed by atoms with Crippen LogP contribution in [0, 0.1) is 0 Å². The standard InChI is InChI=1S/C41H42O6/c1-3-13-39(42)46-29-11-9-27-44-33-23-19-31(20-24-33)41(37-17-7-5-15-35(37)36-16-6-8-18-38(36)41)32-21-25-34(26-22-32)45-28-10-12-30-47-40(43)14-4-2/h3-8,13-26H,9-12,27-30H2,1-2H3. The fourth-order valence-corrected chi connectivity index (χ4v) is 6.13. The Balaban J connectivity index is 1.32. The Morgan fingerprint density at radius 1 is 0.532 bits per heavy atom. The molecule has 242 valence electrons. The SMILES string of the molecule is CC=CC(=O)OCCCCOc1ccc(C2(c3ccc(OCCCCOC(=O)C=CC)cc3)c3ccccc3-c3ccccc32)cc1. The van der Waals surface area contributed by atoms with Gasteiger partial charge in [-0.15, -0.1) is 0 Å². The van der Waals surface area contributed by atoms with Gasteiger partial charge < -0.3 is 18.9 Å². The number of hydrogen-bond donors (Lipinski definition) is 0. The summed E-state index contributed by atoms with van der Waals surface area (Å²) in [5.74, 6) is 0.976. The molecule has 1 aliphatic rings. The molecule has 47 heavy (non-hydrogen) atoms. The van der Waals surface area contributed by atoms with E-state index in [-0.39, 0.29) is 11.9 Å². The minimum atomic E-state index is -0.516. The summed E-state index contributed by atoms with van der Waals surface area (Å²) in [5.41, 5.74) is 6.73. The van der Waals surface area contributed by atoms with E-state index in [1.165, 1.54) is 34.4 Å². The first kappa shape index (κ1) is 33.3. The van der Waals surface area contributed by atoms with Crippen LogP contribution < -0.4 is 9.47 Å². The molecule has 6 nitrogen and oxygen atoms in total. The molecule has 4 aromatic rings. The Bertz CT molecular complexity index is 1560. The van der Waals surface area contributed by atoms with Crippen molar-refractivity contribution in [2.24, 2.45) is 0 Å². The molecule has 0 N–H and O–H groups in total. The quantitative estimate of drug-likeness (QED) is 0.0618. The Kier molecular flexibility index (Phi) is 11.6. The first-order valence-electron chi connectivity index (χ1n) is 16.3. The molecule has 5 rings (SSSR count). The highest BCUT2D eigenvalue weighted by molar-refractivity contribution is 5.86. The highest BCUT2D eigenvalue weighted by atomic mass is 16.5. The summed E-state index contributed by atoms with van der Waals surface area (Å²) >= 11 is 0. The zero-order chi connectivity index (χ0) is 32.9. The summed E-state index contributed by atoms with van der Waals surface area (Å²) in [6.07, 6.45) is 9.24. The van der Waals surface area contributed by atoms with Crippen molar-refractivity contribution in [3.63, 3.8) is 0 Å². The highest BCUT2D eigenvalue weighted by Gasteiger charge is 2.45. The first-order chi connectivity index (χ1) is 23.1. The van der Waals surface area contributed by atoms with Gasteiger partial charge in [0.05, 0.1) is 31.8 Å². The van der Waals surface area contributed by atoms with Crippen molar-refractivity contribution in [3.05, 3.63) is 144 Å². The molecule has 0 saturated heterocycles. The van der Waals surface area contributed by atoms with E-state index in [1.54, 1.807) is 26.0 Å². The van der Waals surface area contributed by atoms with E-state index in [2.05, 4.69) is 72.8 Å². The normalized spacial score (nSPS) is 12.9. The molecule has 0 amide bonds. The Morgan fingerprint density at radius 2 is 0.915 bits per heavy atom. The molecule has 0 aliphatic heterocycles. The third-order valence-electron chi connectivity index (χ3n) is 8.24. The summed E-state index contributed by atoms with van der Waals surface area (Å²) < 4.78 is 22.4. The summed E-state index contributed by atoms with van der Waals surface area (Å²) in [5, 5.41) is 0. The lowest BCUT2D eigenvalue weighted by Gasteiger charge is -2.34. The van der Waals surface area contributed by atoms with E-state index in [1.807, 2.05) is 24.3 Å². The number of rotatable bonds is 16. The first-order valence-corrected chi connectivity index (χ1v) is 16.3. The minimum absolute atomic E-state index is 0.313. The van der Waals surface area contributed by atoms with Gasteiger partial charge >= 0.3 is 11.9 Å². The summed E-state index contributed by atoms with van der Waals surface area (Å²) in [7, 11) is 0. The number of allylic oxidation sites excluding steroid dienone is 2. The van der Waals surface area contributed by atoms with Crippen LogP contribution in [0.25, 0.3) is 11.1 Å². The van der Waals surface area contributed by atoms with Crippen LogP contribution in [0.2, 0.25) is 0 Å². The topological polar surface area (TPSA) is 71.1 Å². The van der Waals surface area contributed by atoms with Gasteiger partial charge in [0.2, 0.25) is 0 Å². The molecule has 0 fully saturated rings. The molecule has 6 heteroatoms. The Labute approximate surface area is 277 Å². The molecule has 0 atom stereocenters. The second-order valence-corrected chi connectivity index (χ2v) is 11.3. The molecule has 0 bridgehead atoms. The number of hydrogen-bond acceptors (Lipinski definition) is 6. The smallest absolute Gasteiger partial charge is 0.330 e. The lowest BCUT2D eigenvalue weighted by Crippen LogP contribution is -2.28. The molecule has 0 saturated carbocycles. The van der Waals surface area contributed by atoms with Gasteiger partial charge in [-0.1, -0.05) is 84.9 Å². The molecule has 0 heterocycles. The van der Waals surface area contributed by atoms with E-state index in [4.69, 9.17) is 18.9 Å². The third kappa shape index (κ3) is 7.83. The van der Waals surface area contributed by atoms with Gasteiger partial charge in [-0.2, -0.15) is 0 Å². The third-order valence-corrected chi connectivity index (χ3v) is 8.24. The minimum Gasteiger partial charge on any atom is -0.494 e. The largest absolute Gasteiger partial charge is 0.494 e. The van der Waals surface area contributed by atoms with Crippen LogP contribution in [0.15, 0.2) is 121 Å². The van der Waals surface area contributed by atoms with E-state index < -0.39 is 5.41 Å². The van der Waals surface area contributed by atoms with E-state index in [9.17, 15) is 9.59 Å². The number of fused-ring (bicyclic) bond motifs is 3. The van der Waals surface area contributed by atoms with E-state index in [0.717, 1.165) is 48.3 Å². The van der Waals surface area contributed by atoms with Crippen LogP contribution in [0.1, 0.15) is 61.8 Å². The van der Waals surface area contributed by atoms with Gasteiger partial charge in [0, 0.05) is 12.2 Å². The van der Waals surface area contributed by atoms with Crippen LogP contribution in [0.4, 0.5) is 0 Å². The van der Waals surface area contributed by atoms with Gasteiger partial charge in [-0.05, 0) is 97.2 Å². The molecular formula is C41H42O6. The van der Waals surface area contributed by atoms with Crippen LogP contribution in [-0.2, 0) is 24.5 Å². The zero-order valence-electron chi connectivity index (χ0n) is 27.2. The number of benzene rings is 4. The lowest BCUT2D eigenvalue weighted by atomic mass is 9.68. The lowest BCUT2D eigenvalue weighted by molar-refractivity contribution is -0.138. The van der Waals surface area contributed by atoms with Crippen LogP contribution in [0.3, 0.4) is 0 Å². The van der Waals surface area contributed by atoms with E-state index in [0.29, 0.717) is 26.4 Å². The van der Waals surface area contributed by atoms with Crippen LogP contribution >= 0.6 is 0 Å². The number of esters is 2. The Morgan fingerprint density at radius 3 is 1.32 bits per heavy atom. The van der Waals surface area contributed by atoms with Crippen molar-refractivity contribution in [3.8, 4) is 22.6 Å². The average Bonchev–Trinajstić information content (AvgIpc) is 3.40. The summed E-state index contributed by atoms with van der Waals surface area (Å²) in [4.78, 5) is 23.0. The van der Waals surface area contributed by atoms with Gasteiger partial charge in [0.1, 0.15) is 11.5 Å². The van der Waals surface area contributed by atoms with Gasteiger partial charge in [-0.3, -0.25) is 0 Å². The number of carbonyl (C=O) groups is 2. The van der Waals surface area contributed by atoms with Crippen molar-refractivity contribution < 1.29 is 28.5 Å². The van der Waals surface area contributed by atoms with Crippen LogP contribution in [-0.4, -0.2) is 38.4 Å². The highest BCUT2D eigenvalue weighted by Crippen LogP contribution is 2.56. The van der Waals surface area contributed by atoms with Crippen molar-refractivity contribution >= 4 is 11.9 Å². The fourth-order valence-electron chi connectivity index (χ4n) is 6.13. The molecule has 1 aliphatic carbocycles. The second kappa shape index (κ2) is 16.5. The van der Waals surface area contributed by atoms with Crippen LogP contribution in [0.5, 0.6) is 11.5 Å². The Hall–Kier alpha value is -5.10. The second-order valence-electron chi connectivity index (χ2n) is 11.3. The maximum atomic E-state index is 11.5. The van der Waals surface area contributed by atoms with Crippen molar-refractivity contribution in [2.75, 3.05) is 26.4 Å². The zero-order valence-corrected chi connectivity index (χ0v) is 27.2. The van der Waals surface area contributed by atoms with Gasteiger partial charge in [0.25, 0.3) is 0 Å². The van der Waals surface area contributed by atoms with Crippen molar-refractivity contribution in [2.45, 2.75) is 44.9 Å². The molecule has 0 unspecified atom stereocenters. The maximum absolute atomic E-state index is 11.5. The maximum Gasteiger partial charge on any atom is 0.330 e. The number of carbonyl (C=O) groups excluding carboxylic acids is 2. The van der Waals surface area contributed by atoms with E-state index >= 15 is 0 Å². The predicted octanol–water partition coefficient (Wildman–Crippen LogP) is 8.61. The van der Waals surface area contributed by atoms with Crippen molar-refractivity contribution in [1.29, 1.82) is 0 Å². The monoisotopic (exact) mass is 630 g/mol. The van der Waals surface area contributed by atoms with Gasteiger partial charge in [0.15, 0.2) is 0 Å². The van der Waals surface area contributed by atoms with Gasteiger partial charge in [-0.25, -0.2) is 9.59 Å². The van der Waals surface area contributed by atoms with Crippen molar-refractivity contribution in [1.82, 2.24) is 0 Å². The average molecular weight is 631 g/mol. The molecule has 0 aromatic heterocycles. The molecule has 0 spiro atoms. The predicted molar refractivity (Wildman–Crippen MR) is 185 cm³/mol. The summed E-state index contributed by atoms with van der Waals surface area (Å²) in [6, 6.07) is 34.1. The fraction of sp³-hybridized carbons (Fsp3) is 0.268. The summed E-state index contributed by atoms with van der Waals surface area (Å²) in [6.45, 7) is 5.42. The molecule has 4 aromatic carbocycles.